The molecule has 0 heterocycles. The third-order valence-electron chi connectivity index (χ3n) is 2.85. The van der Waals surface area contributed by atoms with Gasteiger partial charge in [-0.25, -0.2) is 12.8 Å². The van der Waals surface area contributed by atoms with Crippen molar-refractivity contribution in [1.29, 1.82) is 0 Å². The molecule has 0 atom stereocenters. The van der Waals surface area contributed by atoms with E-state index in [1.54, 1.807) is 12.1 Å². The minimum Gasteiger partial charge on any atom is -0.280 e. The highest BCUT2D eigenvalue weighted by Gasteiger charge is 2.14. The van der Waals surface area contributed by atoms with Crippen LogP contribution in [0.2, 0.25) is 0 Å². The number of sulfonamides is 1. The van der Waals surface area contributed by atoms with Crippen molar-refractivity contribution in [2.24, 2.45) is 0 Å². The van der Waals surface area contributed by atoms with Crippen molar-refractivity contribution in [2.45, 2.75) is 24.7 Å². The maximum atomic E-state index is 13.1. The maximum absolute atomic E-state index is 13.1. The molecule has 106 valence electrons. The van der Waals surface area contributed by atoms with E-state index in [2.05, 4.69) is 11.6 Å². The maximum Gasteiger partial charge on any atom is 0.261 e. The number of aryl methyl sites for hydroxylation is 1. The second-order valence-electron chi connectivity index (χ2n) is 4.51. The highest BCUT2D eigenvalue weighted by molar-refractivity contribution is 7.92. The van der Waals surface area contributed by atoms with Crippen LogP contribution in [-0.4, -0.2) is 8.42 Å². The van der Waals surface area contributed by atoms with Gasteiger partial charge in [0.05, 0.1) is 4.90 Å². The Hall–Kier alpha value is -1.88. The van der Waals surface area contributed by atoms with Gasteiger partial charge in [0.15, 0.2) is 0 Å². The highest BCUT2D eigenvalue weighted by atomic mass is 32.2. The first-order chi connectivity index (χ1) is 9.51. The van der Waals surface area contributed by atoms with E-state index >= 15 is 0 Å². The third kappa shape index (κ3) is 3.57. The van der Waals surface area contributed by atoms with Crippen LogP contribution in [0.15, 0.2) is 53.4 Å². The zero-order valence-electron chi connectivity index (χ0n) is 11.1. The predicted molar refractivity (Wildman–Crippen MR) is 77.6 cm³/mol. The van der Waals surface area contributed by atoms with Crippen molar-refractivity contribution in [3.05, 3.63) is 59.9 Å². The summed E-state index contributed by atoms with van der Waals surface area (Å²) >= 11 is 0. The molecule has 5 heteroatoms. The Kier molecular flexibility index (Phi) is 4.39. The number of nitrogens with one attached hydrogen (secondary N) is 1. The topological polar surface area (TPSA) is 46.2 Å². The van der Waals surface area contributed by atoms with Crippen LogP contribution in [-0.2, 0) is 16.4 Å². The fourth-order valence-corrected chi connectivity index (χ4v) is 2.97. The molecule has 0 radical (unpaired) electrons. The highest BCUT2D eigenvalue weighted by Crippen LogP contribution is 2.17. The van der Waals surface area contributed by atoms with E-state index in [9.17, 15) is 12.8 Å². The molecule has 3 nitrogen and oxygen atoms in total. The van der Waals surface area contributed by atoms with Gasteiger partial charge in [0, 0.05) is 5.69 Å². The van der Waals surface area contributed by atoms with Crippen LogP contribution in [0.1, 0.15) is 18.9 Å². The van der Waals surface area contributed by atoms with Crippen molar-refractivity contribution in [2.75, 3.05) is 4.72 Å². The lowest BCUT2D eigenvalue weighted by Gasteiger charge is -2.08. The third-order valence-corrected chi connectivity index (χ3v) is 4.23. The van der Waals surface area contributed by atoms with Gasteiger partial charge >= 0.3 is 0 Å². The zero-order chi connectivity index (χ0) is 14.6. The molecule has 0 unspecified atom stereocenters. The Morgan fingerprint density at radius 3 is 2.40 bits per heavy atom. The predicted octanol–water partition coefficient (Wildman–Crippen LogP) is 3.58. The first kappa shape index (κ1) is 14.5. The van der Waals surface area contributed by atoms with E-state index < -0.39 is 15.8 Å². The number of anilines is 1. The van der Waals surface area contributed by atoms with Gasteiger partial charge in [-0.2, -0.15) is 0 Å². The van der Waals surface area contributed by atoms with Gasteiger partial charge < -0.3 is 0 Å². The molecule has 0 aliphatic carbocycles. The zero-order valence-corrected chi connectivity index (χ0v) is 12.0. The molecule has 2 rings (SSSR count). The monoisotopic (exact) mass is 293 g/mol. The summed E-state index contributed by atoms with van der Waals surface area (Å²) in [5, 5.41) is 0. The van der Waals surface area contributed by atoms with Crippen LogP contribution in [0.4, 0.5) is 10.1 Å². The number of halogens is 1. The molecule has 0 spiro atoms. The van der Waals surface area contributed by atoms with Gasteiger partial charge in [0.25, 0.3) is 10.0 Å². The second-order valence-corrected chi connectivity index (χ2v) is 6.19. The largest absolute Gasteiger partial charge is 0.280 e. The lowest BCUT2D eigenvalue weighted by molar-refractivity contribution is 0.595. The van der Waals surface area contributed by atoms with E-state index in [0.717, 1.165) is 24.5 Å². The Labute approximate surface area is 118 Å². The van der Waals surface area contributed by atoms with Crippen molar-refractivity contribution >= 4 is 15.7 Å². The molecule has 1 N–H and O–H groups in total. The van der Waals surface area contributed by atoms with Crippen LogP contribution in [0.3, 0.4) is 0 Å². The number of hydrogen-bond donors (Lipinski definition) is 1. The Morgan fingerprint density at radius 1 is 1.10 bits per heavy atom. The van der Waals surface area contributed by atoms with Crippen LogP contribution in [0, 0.1) is 5.82 Å². The molecule has 0 saturated heterocycles. The van der Waals surface area contributed by atoms with Crippen molar-refractivity contribution in [3.8, 4) is 0 Å². The van der Waals surface area contributed by atoms with E-state index in [-0.39, 0.29) is 4.90 Å². The van der Waals surface area contributed by atoms with E-state index in [0.29, 0.717) is 5.69 Å². The summed E-state index contributed by atoms with van der Waals surface area (Å²) in [6.45, 7) is 2.08. The van der Waals surface area contributed by atoms with E-state index in [4.69, 9.17) is 0 Å². The number of benzene rings is 2. The molecule has 0 bridgehead atoms. The van der Waals surface area contributed by atoms with Crippen LogP contribution >= 0.6 is 0 Å². The molecule has 2 aromatic carbocycles. The summed E-state index contributed by atoms with van der Waals surface area (Å²) in [5.74, 6) is -0.578. The minimum atomic E-state index is -3.75. The van der Waals surface area contributed by atoms with Gasteiger partial charge in [-0.15, -0.1) is 0 Å². The van der Waals surface area contributed by atoms with Gasteiger partial charge in [0.1, 0.15) is 5.82 Å². The van der Waals surface area contributed by atoms with Crippen LogP contribution in [0.25, 0.3) is 0 Å². The first-order valence-electron chi connectivity index (χ1n) is 6.38. The average molecular weight is 293 g/mol. The van der Waals surface area contributed by atoms with Crippen molar-refractivity contribution in [3.63, 3.8) is 0 Å². The van der Waals surface area contributed by atoms with Gasteiger partial charge in [-0.3, -0.25) is 4.72 Å². The number of rotatable bonds is 5. The average Bonchev–Trinajstić information content (AvgIpc) is 2.41. The fourth-order valence-electron chi connectivity index (χ4n) is 1.88. The van der Waals surface area contributed by atoms with Crippen LogP contribution < -0.4 is 4.72 Å². The second kappa shape index (κ2) is 6.05. The summed E-state index contributed by atoms with van der Waals surface area (Å²) in [7, 11) is -3.75. The minimum absolute atomic E-state index is 0.0878. The Balaban J connectivity index is 2.20. The summed E-state index contributed by atoms with van der Waals surface area (Å²) in [6.07, 6.45) is 1.99. The normalized spacial score (nSPS) is 11.3. The molecule has 0 amide bonds. The molecule has 0 aromatic heterocycles. The molecule has 0 aliphatic heterocycles. The quantitative estimate of drug-likeness (QED) is 0.916. The van der Waals surface area contributed by atoms with E-state index in [1.165, 1.54) is 18.2 Å². The summed E-state index contributed by atoms with van der Waals surface area (Å²) in [5.41, 5.74) is 1.62. The van der Waals surface area contributed by atoms with E-state index in [1.807, 2.05) is 12.1 Å². The van der Waals surface area contributed by atoms with Gasteiger partial charge in [-0.05, 0) is 42.3 Å². The molecule has 2 aromatic rings. The smallest absolute Gasteiger partial charge is 0.261 e. The lowest BCUT2D eigenvalue weighted by Crippen LogP contribution is -2.13. The molecule has 0 saturated carbocycles. The molecule has 0 fully saturated rings. The Bertz CT molecular complexity index is 681. The summed E-state index contributed by atoms with van der Waals surface area (Å²) < 4.78 is 39.7. The Morgan fingerprint density at radius 2 is 1.80 bits per heavy atom. The summed E-state index contributed by atoms with van der Waals surface area (Å²) in [6, 6.07) is 12.1. The van der Waals surface area contributed by atoms with Crippen molar-refractivity contribution < 1.29 is 12.8 Å². The molecular weight excluding hydrogens is 277 g/mol. The first-order valence-corrected chi connectivity index (χ1v) is 7.87. The number of hydrogen-bond acceptors (Lipinski definition) is 2. The van der Waals surface area contributed by atoms with Gasteiger partial charge in [0.2, 0.25) is 0 Å². The fraction of sp³-hybridized carbons (Fsp3) is 0.200. The van der Waals surface area contributed by atoms with Crippen LogP contribution in [0.5, 0.6) is 0 Å². The lowest BCUT2D eigenvalue weighted by atomic mass is 10.1. The van der Waals surface area contributed by atoms with Crippen molar-refractivity contribution in [1.82, 2.24) is 0 Å². The summed E-state index contributed by atoms with van der Waals surface area (Å²) in [4.78, 5) is -0.0878. The molecule has 0 aliphatic rings. The SMILES string of the molecule is CCCc1ccc(NS(=O)(=O)c2cccc(F)c2)cc1. The molecule has 20 heavy (non-hydrogen) atoms. The molecular formula is C15H16FNO2S. The van der Waals surface area contributed by atoms with Gasteiger partial charge in [-0.1, -0.05) is 31.5 Å². The standard InChI is InChI=1S/C15H16FNO2S/c1-2-4-12-7-9-14(10-8-12)17-20(18,19)15-6-3-5-13(16)11-15/h3,5-11,17H,2,4H2,1H3.